The number of nitrogens with zero attached hydrogens (tertiary/aromatic N) is 1. The van der Waals surface area contributed by atoms with Gasteiger partial charge in [0.05, 0.1) is 0 Å². The van der Waals surface area contributed by atoms with Crippen LogP contribution in [0.3, 0.4) is 0 Å². The van der Waals surface area contributed by atoms with Crippen molar-refractivity contribution in [3.8, 4) is 0 Å². The van der Waals surface area contributed by atoms with E-state index in [2.05, 4.69) is 29.5 Å². The van der Waals surface area contributed by atoms with Crippen molar-refractivity contribution in [2.24, 2.45) is 11.8 Å². The number of rotatable bonds is 7. The number of hydrogen-bond acceptors (Lipinski definition) is 4. The van der Waals surface area contributed by atoms with E-state index < -0.39 is 0 Å². The van der Waals surface area contributed by atoms with Gasteiger partial charge < -0.3 is 10.6 Å². The van der Waals surface area contributed by atoms with E-state index in [4.69, 9.17) is 0 Å². The Morgan fingerprint density at radius 2 is 2.47 bits per heavy atom. The molecule has 0 radical (unpaired) electrons. The van der Waals surface area contributed by atoms with Crippen LogP contribution in [0.5, 0.6) is 0 Å². The first-order chi connectivity index (χ1) is 9.29. The Labute approximate surface area is 121 Å². The molecule has 1 saturated heterocycles. The van der Waals surface area contributed by atoms with Crippen molar-refractivity contribution in [1.29, 1.82) is 0 Å². The lowest BCUT2D eigenvalue weighted by Gasteiger charge is -2.28. The molecule has 3 nitrogen and oxygen atoms in total. The highest BCUT2D eigenvalue weighted by Crippen LogP contribution is 2.22. The molecule has 0 aliphatic carbocycles. The van der Waals surface area contributed by atoms with E-state index in [1.165, 1.54) is 42.2 Å². The predicted octanol–water partition coefficient (Wildman–Crippen LogP) is 2.82. The molecule has 2 heterocycles. The monoisotopic (exact) mass is 281 g/mol. The molecule has 2 rings (SSSR count). The number of aromatic nitrogens is 1. The summed E-state index contributed by atoms with van der Waals surface area (Å²) in [7, 11) is 0. The third kappa shape index (κ3) is 4.86. The molecule has 1 aliphatic rings. The molecule has 2 atom stereocenters. The van der Waals surface area contributed by atoms with Crippen LogP contribution in [0.25, 0.3) is 0 Å². The molecular formula is C15H27N3S. The van der Waals surface area contributed by atoms with Crippen molar-refractivity contribution in [3.05, 3.63) is 16.1 Å². The third-order valence-corrected chi connectivity index (χ3v) is 5.28. The van der Waals surface area contributed by atoms with Crippen molar-refractivity contribution < 1.29 is 0 Å². The lowest BCUT2D eigenvalue weighted by Crippen LogP contribution is -2.34. The lowest BCUT2D eigenvalue weighted by atomic mass is 9.85. The second-order valence-electron chi connectivity index (χ2n) is 5.62. The zero-order valence-electron chi connectivity index (χ0n) is 12.2. The van der Waals surface area contributed by atoms with Crippen molar-refractivity contribution in [3.63, 3.8) is 0 Å². The highest BCUT2D eigenvalue weighted by Gasteiger charge is 2.19. The molecule has 19 heavy (non-hydrogen) atoms. The second-order valence-corrected chi connectivity index (χ2v) is 6.82. The fourth-order valence-corrected chi connectivity index (χ4v) is 3.55. The molecule has 0 amide bonds. The predicted molar refractivity (Wildman–Crippen MR) is 82.6 cm³/mol. The van der Waals surface area contributed by atoms with Crippen molar-refractivity contribution in [2.45, 2.75) is 46.1 Å². The molecule has 1 aromatic heterocycles. The van der Waals surface area contributed by atoms with Gasteiger partial charge in [0.15, 0.2) is 0 Å². The SMILES string of the molecule is CCc1cnc(CNCCC(C)C2CCCNC2)s1. The zero-order chi connectivity index (χ0) is 13.5. The van der Waals surface area contributed by atoms with Crippen LogP contribution >= 0.6 is 11.3 Å². The van der Waals surface area contributed by atoms with Crippen LogP contribution < -0.4 is 10.6 Å². The average Bonchev–Trinajstić information content (AvgIpc) is 2.92. The molecular weight excluding hydrogens is 254 g/mol. The van der Waals surface area contributed by atoms with E-state index in [1.54, 1.807) is 0 Å². The van der Waals surface area contributed by atoms with Gasteiger partial charge in [-0.2, -0.15) is 0 Å². The Morgan fingerprint density at radius 3 is 3.16 bits per heavy atom. The summed E-state index contributed by atoms with van der Waals surface area (Å²) in [6.07, 6.45) is 7.14. The standard InChI is InChI=1S/C15H27N3S/c1-3-14-10-18-15(19-14)11-17-8-6-12(2)13-5-4-7-16-9-13/h10,12-13,16-17H,3-9,11H2,1-2H3. The van der Waals surface area contributed by atoms with Gasteiger partial charge in [-0.25, -0.2) is 4.98 Å². The maximum absolute atomic E-state index is 4.44. The Bertz CT molecular complexity index is 358. The summed E-state index contributed by atoms with van der Waals surface area (Å²) in [5, 5.41) is 8.27. The topological polar surface area (TPSA) is 37.0 Å². The van der Waals surface area contributed by atoms with Crippen LogP contribution in [0, 0.1) is 11.8 Å². The quantitative estimate of drug-likeness (QED) is 0.755. The lowest BCUT2D eigenvalue weighted by molar-refractivity contribution is 0.266. The first-order valence-electron chi connectivity index (χ1n) is 7.64. The molecule has 0 spiro atoms. The summed E-state index contributed by atoms with van der Waals surface area (Å²) in [6.45, 7) is 9.06. The van der Waals surface area contributed by atoms with Gasteiger partial charge in [-0.3, -0.25) is 0 Å². The van der Waals surface area contributed by atoms with Gasteiger partial charge >= 0.3 is 0 Å². The van der Waals surface area contributed by atoms with Gasteiger partial charge in [-0.05, 0) is 57.2 Å². The Balaban J connectivity index is 1.60. The molecule has 108 valence electrons. The molecule has 0 saturated carbocycles. The maximum Gasteiger partial charge on any atom is 0.107 e. The molecule has 0 bridgehead atoms. The van der Waals surface area contributed by atoms with E-state index in [0.29, 0.717) is 0 Å². The number of aryl methyl sites for hydroxylation is 1. The van der Waals surface area contributed by atoms with Crippen molar-refractivity contribution in [1.82, 2.24) is 15.6 Å². The smallest absolute Gasteiger partial charge is 0.107 e. The van der Waals surface area contributed by atoms with Crippen molar-refractivity contribution >= 4 is 11.3 Å². The fraction of sp³-hybridized carbons (Fsp3) is 0.800. The van der Waals surface area contributed by atoms with Crippen LogP contribution in [-0.2, 0) is 13.0 Å². The number of nitrogens with one attached hydrogen (secondary N) is 2. The van der Waals surface area contributed by atoms with Crippen LogP contribution in [0.1, 0.15) is 43.0 Å². The van der Waals surface area contributed by atoms with E-state index in [9.17, 15) is 0 Å². The summed E-state index contributed by atoms with van der Waals surface area (Å²) in [4.78, 5) is 5.83. The first kappa shape index (κ1) is 14.9. The summed E-state index contributed by atoms with van der Waals surface area (Å²) in [6, 6.07) is 0. The van der Waals surface area contributed by atoms with Gasteiger partial charge in [0.25, 0.3) is 0 Å². The normalized spacial score (nSPS) is 21.5. The van der Waals surface area contributed by atoms with Crippen molar-refractivity contribution in [2.75, 3.05) is 19.6 Å². The summed E-state index contributed by atoms with van der Waals surface area (Å²) in [5.41, 5.74) is 0. The molecule has 2 unspecified atom stereocenters. The van der Waals surface area contributed by atoms with Crippen LogP contribution in [0.4, 0.5) is 0 Å². The number of hydrogen-bond donors (Lipinski definition) is 2. The van der Waals surface area contributed by atoms with Gasteiger partial charge in [-0.1, -0.05) is 13.8 Å². The second kappa shape index (κ2) is 7.98. The van der Waals surface area contributed by atoms with Gasteiger partial charge in [0, 0.05) is 17.6 Å². The Hall–Kier alpha value is -0.450. The summed E-state index contributed by atoms with van der Waals surface area (Å²) >= 11 is 1.84. The Kier molecular flexibility index (Phi) is 6.28. The average molecular weight is 281 g/mol. The molecule has 1 fully saturated rings. The zero-order valence-corrected chi connectivity index (χ0v) is 13.1. The summed E-state index contributed by atoms with van der Waals surface area (Å²) in [5.74, 6) is 1.70. The van der Waals surface area contributed by atoms with E-state index >= 15 is 0 Å². The minimum absolute atomic E-state index is 0.822. The molecule has 1 aliphatic heterocycles. The molecule has 1 aromatic rings. The molecule has 4 heteroatoms. The first-order valence-corrected chi connectivity index (χ1v) is 8.46. The van der Waals surface area contributed by atoms with Crippen LogP contribution in [-0.4, -0.2) is 24.6 Å². The van der Waals surface area contributed by atoms with E-state index in [-0.39, 0.29) is 0 Å². The van der Waals surface area contributed by atoms with Gasteiger partial charge in [-0.15, -0.1) is 11.3 Å². The van der Waals surface area contributed by atoms with E-state index in [1.807, 2.05) is 17.5 Å². The Morgan fingerprint density at radius 1 is 1.58 bits per heavy atom. The maximum atomic E-state index is 4.44. The highest BCUT2D eigenvalue weighted by atomic mass is 32.1. The molecule has 2 N–H and O–H groups in total. The molecule has 0 aromatic carbocycles. The minimum Gasteiger partial charge on any atom is -0.316 e. The highest BCUT2D eigenvalue weighted by molar-refractivity contribution is 7.11. The van der Waals surface area contributed by atoms with Crippen LogP contribution in [0.15, 0.2) is 6.20 Å². The van der Waals surface area contributed by atoms with Gasteiger partial charge in [0.1, 0.15) is 5.01 Å². The fourth-order valence-electron chi connectivity index (χ4n) is 2.72. The number of piperidine rings is 1. The largest absolute Gasteiger partial charge is 0.316 e. The minimum atomic E-state index is 0.822. The number of thiazole rings is 1. The van der Waals surface area contributed by atoms with E-state index in [0.717, 1.165) is 31.3 Å². The third-order valence-electron chi connectivity index (χ3n) is 4.14. The van der Waals surface area contributed by atoms with Crippen LogP contribution in [0.2, 0.25) is 0 Å². The van der Waals surface area contributed by atoms with Gasteiger partial charge in [0.2, 0.25) is 0 Å². The summed E-state index contributed by atoms with van der Waals surface area (Å²) < 4.78 is 0.